The van der Waals surface area contributed by atoms with E-state index in [0.29, 0.717) is 17.7 Å². The average molecular weight is 269 g/mol. The molecule has 3 heterocycles. The van der Waals surface area contributed by atoms with Crippen LogP contribution in [0, 0.1) is 0 Å². The monoisotopic (exact) mass is 269 g/mol. The van der Waals surface area contributed by atoms with Gasteiger partial charge in [-0.1, -0.05) is 11.6 Å². The van der Waals surface area contributed by atoms with Gasteiger partial charge in [0.2, 0.25) is 5.89 Å². The molecular formula is C12H19N3O2S. The van der Waals surface area contributed by atoms with Crippen LogP contribution >= 0.6 is 11.8 Å². The number of aromatic nitrogens is 2. The van der Waals surface area contributed by atoms with Gasteiger partial charge in [-0.2, -0.15) is 16.7 Å². The Bertz CT molecular complexity index is 392. The second-order valence-electron chi connectivity index (χ2n) is 4.98. The van der Waals surface area contributed by atoms with Crippen molar-refractivity contribution in [2.75, 3.05) is 19.0 Å². The van der Waals surface area contributed by atoms with Gasteiger partial charge in [-0.3, -0.25) is 0 Å². The first-order valence-electron chi connectivity index (χ1n) is 6.63. The maximum Gasteiger partial charge on any atom is 0.233 e. The van der Waals surface area contributed by atoms with E-state index in [1.165, 1.54) is 18.6 Å². The highest BCUT2D eigenvalue weighted by Crippen LogP contribution is 2.37. The Morgan fingerprint density at radius 1 is 1.28 bits per heavy atom. The maximum atomic E-state index is 6.09. The van der Waals surface area contributed by atoms with Gasteiger partial charge >= 0.3 is 0 Å². The SMILES string of the molecule is NC1CCOCC1c1nc(C2CCCCS2)no1. The molecule has 6 heteroatoms. The van der Waals surface area contributed by atoms with Crippen LogP contribution in [0.3, 0.4) is 0 Å². The molecule has 0 saturated carbocycles. The third-order valence-electron chi connectivity index (χ3n) is 3.65. The van der Waals surface area contributed by atoms with Crippen molar-refractivity contribution in [1.82, 2.24) is 10.1 Å². The first-order chi connectivity index (χ1) is 8.84. The Hall–Kier alpha value is -0.590. The number of nitrogens with two attached hydrogens (primary N) is 1. The van der Waals surface area contributed by atoms with E-state index in [9.17, 15) is 0 Å². The molecule has 3 atom stereocenters. The fourth-order valence-corrected chi connectivity index (χ4v) is 3.72. The Morgan fingerprint density at radius 3 is 3.00 bits per heavy atom. The largest absolute Gasteiger partial charge is 0.381 e. The van der Waals surface area contributed by atoms with Crippen molar-refractivity contribution >= 4 is 11.8 Å². The second-order valence-corrected chi connectivity index (χ2v) is 6.29. The lowest BCUT2D eigenvalue weighted by Gasteiger charge is -2.25. The lowest BCUT2D eigenvalue weighted by molar-refractivity contribution is 0.0590. The third-order valence-corrected chi connectivity index (χ3v) is 5.03. The average Bonchev–Trinajstić information content (AvgIpc) is 2.90. The Kier molecular flexibility index (Phi) is 3.86. The van der Waals surface area contributed by atoms with E-state index >= 15 is 0 Å². The standard InChI is InChI=1S/C12H19N3O2S/c13-9-4-5-16-7-8(9)12-14-11(15-17-12)10-3-1-2-6-18-10/h8-10H,1-7,13H2. The van der Waals surface area contributed by atoms with E-state index in [1.54, 1.807) is 0 Å². The topological polar surface area (TPSA) is 74.2 Å². The zero-order chi connectivity index (χ0) is 12.4. The van der Waals surface area contributed by atoms with Gasteiger partial charge < -0.3 is 15.0 Å². The molecule has 2 fully saturated rings. The summed E-state index contributed by atoms with van der Waals surface area (Å²) in [5, 5.41) is 4.53. The number of hydrogen-bond donors (Lipinski definition) is 1. The zero-order valence-corrected chi connectivity index (χ0v) is 11.2. The van der Waals surface area contributed by atoms with Crippen molar-refractivity contribution in [2.24, 2.45) is 5.73 Å². The van der Waals surface area contributed by atoms with Gasteiger partial charge in [-0.15, -0.1) is 0 Å². The van der Waals surface area contributed by atoms with Crippen LogP contribution in [-0.4, -0.2) is 35.1 Å². The summed E-state index contributed by atoms with van der Waals surface area (Å²) in [7, 11) is 0. The molecule has 0 radical (unpaired) electrons. The first-order valence-corrected chi connectivity index (χ1v) is 7.68. The number of nitrogens with zero attached hydrogens (tertiary/aromatic N) is 2. The smallest absolute Gasteiger partial charge is 0.233 e. The molecular weight excluding hydrogens is 250 g/mol. The van der Waals surface area contributed by atoms with Crippen LogP contribution in [-0.2, 0) is 4.74 Å². The van der Waals surface area contributed by atoms with Crippen LogP contribution in [0.5, 0.6) is 0 Å². The van der Waals surface area contributed by atoms with Crippen molar-refractivity contribution < 1.29 is 9.26 Å². The first kappa shape index (κ1) is 12.4. The minimum absolute atomic E-state index is 0.0635. The van der Waals surface area contributed by atoms with Crippen LogP contribution in [0.25, 0.3) is 0 Å². The molecule has 5 nitrogen and oxygen atoms in total. The molecule has 100 valence electrons. The number of ether oxygens (including phenoxy) is 1. The van der Waals surface area contributed by atoms with Gasteiger partial charge in [-0.05, 0) is 25.0 Å². The normalized spacial score (nSPS) is 33.5. The van der Waals surface area contributed by atoms with Gasteiger partial charge in [-0.25, -0.2) is 0 Å². The highest BCUT2D eigenvalue weighted by Gasteiger charge is 2.30. The minimum atomic E-state index is 0.0635. The molecule has 0 aromatic carbocycles. The van der Waals surface area contributed by atoms with Gasteiger partial charge in [0.1, 0.15) is 0 Å². The van der Waals surface area contributed by atoms with Crippen molar-refractivity contribution in [1.29, 1.82) is 0 Å². The summed E-state index contributed by atoms with van der Waals surface area (Å²) in [6.45, 7) is 1.33. The van der Waals surface area contributed by atoms with Crippen molar-refractivity contribution in [2.45, 2.75) is 42.9 Å². The van der Waals surface area contributed by atoms with Crippen LogP contribution in [0.2, 0.25) is 0 Å². The fraction of sp³-hybridized carbons (Fsp3) is 0.833. The van der Waals surface area contributed by atoms with Crippen molar-refractivity contribution in [3.05, 3.63) is 11.7 Å². The van der Waals surface area contributed by atoms with Gasteiger partial charge in [0.05, 0.1) is 17.8 Å². The molecule has 0 spiro atoms. The molecule has 3 unspecified atom stereocenters. The van der Waals surface area contributed by atoms with Crippen LogP contribution < -0.4 is 5.73 Å². The van der Waals surface area contributed by atoms with E-state index in [1.807, 2.05) is 11.8 Å². The summed E-state index contributed by atoms with van der Waals surface area (Å²) in [5.74, 6) is 2.75. The molecule has 2 aliphatic heterocycles. The summed E-state index contributed by atoms with van der Waals surface area (Å²) in [4.78, 5) is 4.55. The van der Waals surface area contributed by atoms with Crippen LogP contribution in [0.1, 0.15) is 48.6 Å². The van der Waals surface area contributed by atoms with E-state index in [-0.39, 0.29) is 12.0 Å². The Morgan fingerprint density at radius 2 is 2.22 bits per heavy atom. The summed E-state index contributed by atoms with van der Waals surface area (Å²) in [6, 6.07) is 0.0751. The molecule has 18 heavy (non-hydrogen) atoms. The third kappa shape index (κ3) is 2.55. The van der Waals surface area contributed by atoms with Crippen LogP contribution in [0.15, 0.2) is 4.52 Å². The zero-order valence-electron chi connectivity index (χ0n) is 10.4. The molecule has 0 aliphatic carbocycles. The Balaban J connectivity index is 1.71. The maximum absolute atomic E-state index is 6.09. The van der Waals surface area contributed by atoms with E-state index in [0.717, 1.165) is 25.3 Å². The molecule has 0 bridgehead atoms. The van der Waals surface area contributed by atoms with Crippen molar-refractivity contribution in [3.8, 4) is 0 Å². The highest BCUT2D eigenvalue weighted by atomic mass is 32.2. The molecule has 1 aromatic heterocycles. The van der Waals surface area contributed by atoms with E-state index in [2.05, 4.69) is 10.1 Å². The molecule has 2 N–H and O–H groups in total. The summed E-state index contributed by atoms with van der Waals surface area (Å²) >= 11 is 1.93. The summed E-state index contributed by atoms with van der Waals surface area (Å²) in [6.07, 6.45) is 4.57. The molecule has 0 amide bonds. The lowest BCUT2D eigenvalue weighted by Crippen LogP contribution is -2.37. The fourth-order valence-electron chi connectivity index (χ4n) is 2.48. The molecule has 3 rings (SSSR count). The number of hydrogen-bond acceptors (Lipinski definition) is 6. The van der Waals surface area contributed by atoms with Gasteiger partial charge in [0.15, 0.2) is 5.82 Å². The van der Waals surface area contributed by atoms with Crippen molar-refractivity contribution in [3.63, 3.8) is 0 Å². The van der Waals surface area contributed by atoms with Gasteiger partial charge in [0, 0.05) is 12.6 Å². The minimum Gasteiger partial charge on any atom is -0.381 e. The molecule has 2 aliphatic rings. The number of thioether (sulfide) groups is 1. The predicted octanol–water partition coefficient (Wildman–Crippen LogP) is 1.86. The van der Waals surface area contributed by atoms with Gasteiger partial charge in [0.25, 0.3) is 0 Å². The predicted molar refractivity (Wildman–Crippen MR) is 69.5 cm³/mol. The van der Waals surface area contributed by atoms with E-state index < -0.39 is 0 Å². The summed E-state index contributed by atoms with van der Waals surface area (Å²) < 4.78 is 10.8. The molecule has 1 aromatic rings. The highest BCUT2D eigenvalue weighted by molar-refractivity contribution is 7.99. The molecule has 2 saturated heterocycles. The number of rotatable bonds is 2. The lowest BCUT2D eigenvalue weighted by atomic mass is 9.97. The summed E-state index contributed by atoms with van der Waals surface area (Å²) in [5.41, 5.74) is 6.09. The second kappa shape index (κ2) is 5.59. The Labute approximate surface area is 111 Å². The van der Waals surface area contributed by atoms with E-state index in [4.69, 9.17) is 15.0 Å². The quantitative estimate of drug-likeness (QED) is 0.883. The van der Waals surface area contributed by atoms with Crippen LogP contribution in [0.4, 0.5) is 0 Å².